The van der Waals surface area contributed by atoms with Crippen LogP contribution < -0.4 is 0 Å². The molecule has 0 bridgehead atoms. The van der Waals surface area contributed by atoms with E-state index in [1.807, 2.05) is 0 Å². The maximum atomic E-state index is 2.26. The first kappa shape index (κ1) is 9.26. The maximum absolute atomic E-state index is 2.26. The molecule has 2 atom stereocenters. The van der Waals surface area contributed by atoms with Crippen LogP contribution in [-0.2, 0) is 0 Å². The molecule has 0 aromatic heterocycles. The fourth-order valence-electron chi connectivity index (χ4n) is 2.20. The van der Waals surface area contributed by atoms with Gasteiger partial charge < -0.3 is 0 Å². The highest BCUT2D eigenvalue weighted by Gasteiger charge is 2.25. The van der Waals surface area contributed by atoms with Gasteiger partial charge in [0, 0.05) is 5.25 Å². The lowest BCUT2D eigenvalue weighted by molar-refractivity contribution is 0.465. The lowest BCUT2D eigenvalue weighted by Gasteiger charge is -2.32. The van der Waals surface area contributed by atoms with Crippen molar-refractivity contribution < 1.29 is 0 Å². The largest absolute Gasteiger partial charge is 0.162 e. The molecule has 2 heterocycles. The topological polar surface area (TPSA) is 0 Å². The van der Waals surface area contributed by atoms with E-state index < -0.39 is 0 Å². The van der Waals surface area contributed by atoms with Gasteiger partial charge in [-0.25, -0.2) is 0 Å². The molecule has 2 fully saturated rings. The van der Waals surface area contributed by atoms with E-state index in [1.165, 1.54) is 49.4 Å². The molecule has 0 amide bonds. The zero-order valence-corrected chi connectivity index (χ0v) is 9.26. The van der Waals surface area contributed by atoms with Crippen molar-refractivity contribution in [2.24, 2.45) is 5.92 Å². The highest BCUT2D eigenvalue weighted by atomic mass is 32.2. The molecule has 0 spiro atoms. The lowest BCUT2D eigenvalue weighted by Crippen LogP contribution is -2.25. The van der Waals surface area contributed by atoms with Crippen LogP contribution >= 0.6 is 23.5 Å². The number of hydrogen-bond acceptors (Lipinski definition) is 2. The van der Waals surface area contributed by atoms with E-state index in [1.54, 1.807) is 0 Å². The summed E-state index contributed by atoms with van der Waals surface area (Å²) in [6.45, 7) is 0. The SMILES string of the molecule is C1CCC(C2CCCSC2)SC1. The minimum atomic E-state index is 1.03. The van der Waals surface area contributed by atoms with Crippen molar-refractivity contribution in [2.45, 2.75) is 37.4 Å². The molecule has 2 heteroatoms. The maximum Gasteiger partial charge on any atom is 0.00832 e. The summed E-state index contributed by atoms with van der Waals surface area (Å²) < 4.78 is 0. The molecule has 0 N–H and O–H groups in total. The van der Waals surface area contributed by atoms with Crippen LogP contribution in [0.3, 0.4) is 0 Å². The summed E-state index contributed by atoms with van der Waals surface area (Å²) >= 11 is 4.44. The molecule has 12 heavy (non-hydrogen) atoms. The van der Waals surface area contributed by atoms with E-state index in [4.69, 9.17) is 0 Å². The van der Waals surface area contributed by atoms with Gasteiger partial charge in [0.15, 0.2) is 0 Å². The zero-order chi connectivity index (χ0) is 8.23. The summed E-state index contributed by atoms with van der Waals surface area (Å²) in [6.07, 6.45) is 7.48. The molecule has 0 aliphatic carbocycles. The Bertz CT molecular complexity index is 108. The molecule has 70 valence electrons. The smallest absolute Gasteiger partial charge is 0.00832 e. The van der Waals surface area contributed by atoms with Crippen LogP contribution in [0.4, 0.5) is 0 Å². The first-order chi connectivity index (χ1) is 5.97. The van der Waals surface area contributed by atoms with Crippen LogP contribution in [0.2, 0.25) is 0 Å². The Hall–Kier alpha value is 0.700. The Balaban J connectivity index is 1.80. The van der Waals surface area contributed by atoms with Gasteiger partial charge >= 0.3 is 0 Å². The van der Waals surface area contributed by atoms with Gasteiger partial charge in [-0.05, 0) is 48.9 Å². The van der Waals surface area contributed by atoms with Crippen LogP contribution in [0.5, 0.6) is 0 Å². The summed E-state index contributed by atoms with van der Waals surface area (Å²) in [5.74, 6) is 5.38. The lowest BCUT2D eigenvalue weighted by atomic mass is 9.97. The molecule has 0 aromatic carbocycles. The number of thioether (sulfide) groups is 2. The Morgan fingerprint density at radius 1 is 0.917 bits per heavy atom. The van der Waals surface area contributed by atoms with Gasteiger partial charge in [-0.3, -0.25) is 0 Å². The summed E-state index contributed by atoms with van der Waals surface area (Å²) in [5.41, 5.74) is 0. The van der Waals surface area contributed by atoms with E-state index in [-0.39, 0.29) is 0 Å². The van der Waals surface area contributed by atoms with Crippen LogP contribution in [-0.4, -0.2) is 22.5 Å². The monoisotopic (exact) mass is 202 g/mol. The highest BCUT2D eigenvalue weighted by molar-refractivity contribution is 8.00. The van der Waals surface area contributed by atoms with Crippen LogP contribution in [0, 0.1) is 5.92 Å². The van der Waals surface area contributed by atoms with Gasteiger partial charge in [-0.15, -0.1) is 0 Å². The molecule has 0 aromatic rings. The highest BCUT2D eigenvalue weighted by Crippen LogP contribution is 2.36. The van der Waals surface area contributed by atoms with Crippen molar-refractivity contribution in [2.75, 3.05) is 17.3 Å². The molecule has 0 saturated carbocycles. The van der Waals surface area contributed by atoms with Crippen molar-refractivity contribution in [3.8, 4) is 0 Å². The van der Waals surface area contributed by atoms with Gasteiger partial charge in [0.05, 0.1) is 0 Å². The number of hydrogen-bond donors (Lipinski definition) is 0. The summed E-state index contributed by atoms with van der Waals surface area (Å²) in [6, 6.07) is 0. The average molecular weight is 202 g/mol. The predicted molar refractivity (Wildman–Crippen MR) is 60.1 cm³/mol. The second-order valence-electron chi connectivity index (χ2n) is 3.88. The van der Waals surface area contributed by atoms with Crippen LogP contribution in [0.25, 0.3) is 0 Å². The second-order valence-corrected chi connectivity index (χ2v) is 6.38. The third-order valence-corrected chi connectivity index (χ3v) is 5.75. The minimum absolute atomic E-state index is 1.03. The van der Waals surface area contributed by atoms with Gasteiger partial charge in [0.1, 0.15) is 0 Å². The van der Waals surface area contributed by atoms with Gasteiger partial charge in [-0.2, -0.15) is 23.5 Å². The van der Waals surface area contributed by atoms with Gasteiger partial charge in [-0.1, -0.05) is 6.42 Å². The van der Waals surface area contributed by atoms with Gasteiger partial charge in [0.2, 0.25) is 0 Å². The Kier molecular flexibility index (Phi) is 3.71. The van der Waals surface area contributed by atoms with Crippen molar-refractivity contribution in [3.63, 3.8) is 0 Å². The fraction of sp³-hybridized carbons (Fsp3) is 1.00. The molecule has 2 unspecified atom stereocenters. The molecule has 2 saturated heterocycles. The quantitative estimate of drug-likeness (QED) is 0.639. The first-order valence-corrected chi connectivity index (χ1v) is 7.36. The van der Waals surface area contributed by atoms with Crippen molar-refractivity contribution in [1.82, 2.24) is 0 Å². The van der Waals surface area contributed by atoms with E-state index >= 15 is 0 Å². The second kappa shape index (κ2) is 4.80. The fourth-order valence-corrected chi connectivity index (χ4v) is 5.07. The summed E-state index contributed by atoms with van der Waals surface area (Å²) in [7, 11) is 0. The normalized spacial score (nSPS) is 38.0. The van der Waals surface area contributed by atoms with Crippen molar-refractivity contribution in [3.05, 3.63) is 0 Å². The van der Waals surface area contributed by atoms with Crippen molar-refractivity contribution in [1.29, 1.82) is 0 Å². The Morgan fingerprint density at radius 2 is 1.92 bits per heavy atom. The van der Waals surface area contributed by atoms with E-state index in [2.05, 4.69) is 23.5 Å². The number of rotatable bonds is 1. The third-order valence-electron chi connectivity index (χ3n) is 2.94. The average Bonchev–Trinajstić information content (AvgIpc) is 2.21. The van der Waals surface area contributed by atoms with E-state index in [9.17, 15) is 0 Å². The third kappa shape index (κ3) is 2.35. The summed E-state index contributed by atoms with van der Waals surface area (Å²) in [5, 5.41) is 1.03. The van der Waals surface area contributed by atoms with Crippen LogP contribution in [0.1, 0.15) is 32.1 Å². The van der Waals surface area contributed by atoms with Crippen LogP contribution in [0.15, 0.2) is 0 Å². The van der Waals surface area contributed by atoms with E-state index in [0.29, 0.717) is 0 Å². The molecule has 2 rings (SSSR count). The predicted octanol–water partition coefficient (Wildman–Crippen LogP) is 3.42. The molecule has 2 aliphatic heterocycles. The Labute approximate surface area is 84.3 Å². The Morgan fingerprint density at radius 3 is 2.58 bits per heavy atom. The molecule has 2 aliphatic rings. The molecule has 0 nitrogen and oxygen atoms in total. The molecule has 0 radical (unpaired) electrons. The van der Waals surface area contributed by atoms with Crippen molar-refractivity contribution >= 4 is 23.5 Å². The first-order valence-electron chi connectivity index (χ1n) is 5.16. The van der Waals surface area contributed by atoms with Gasteiger partial charge in [0.25, 0.3) is 0 Å². The minimum Gasteiger partial charge on any atom is -0.162 e. The molecular weight excluding hydrogens is 184 g/mol. The summed E-state index contributed by atoms with van der Waals surface area (Å²) in [4.78, 5) is 0. The zero-order valence-electron chi connectivity index (χ0n) is 7.63. The molecular formula is C10H18S2. The van der Waals surface area contributed by atoms with E-state index in [0.717, 1.165) is 11.2 Å². The standard InChI is InChI=1S/C10H18S2/c1-2-7-12-10(5-1)9-4-3-6-11-8-9/h9-10H,1-8H2.